The third kappa shape index (κ3) is 9.15. The van der Waals surface area contributed by atoms with Crippen molar-refractivity contribution in [2.45, 2.75) is 84.0 Å². The molecule has 154 valence electrons. The van der Waals surface area contributed by atoms with Gasteiger partial charge in [-0.25, -0.2) is 4.79 Å². The summed E-state index contributed by atoms with van der Waals surface area (Å²) in [5, 5.41) is 13.0. The summed E-state index contributed by atoms with van der Waals surface area (Å²) < 4.78 is 10.5. The van der Waals surface area contributed by atoms with Crippen molar-refractivity contribution in [2.75, 3.05) is 6.61 Å². The quantitative estimate of drug-likeness (QED) is 0.304. The molecule has 1 fully saturated rings. The van der Waals surface area contributed by atoms with Gasteiger partial charge in [0.15, 0.2) is 0 Å². The zero-order valence-corrected chi connectivity index (χ0v) is 16.6. The van der Waals surface area contributed by atoms with E-state index in [0.717, 1.165) is 12.8 Å². The van der Waals surface area contributed by atoms with Crippen LogP contribution in [-0.2, 0) is 23.9 Å². The number of amides is 1. The van der Waals surface area contributed by atoms with Crippen LogP contribution in [-0.4, -0.2) is 47.8 Å². The smallest absolute Gasteiger partial charge is 0.338 e. The van der Waals surface area contributed by atoms with Gasteiger partial charge in [-0.2, -0.15) is 0 Å². The van der Waals surface area contributed by atoms with E-state index in [1.54, 1.807) is 0 Å². The molecule has 0 aromatic rings. The molecular weight excluding hydrogens is 350 g/mol. The van der Waals surface area contributed by atoms with E-state index in [1.165, 1.54) is 12.2 Å². The van der Waals surface area contributed by atoms with Gasteiger partial charge in [-0.3, -0.25) is 9.59 Å². The fourth-order valence-electron chi connectivity index (χ4n) is 2.99. The first kappa shape index (κ1) is 23.3. The Labute approximate surface area is 161 Å². The molecule has 0 bridgehead atoms. The maximum atomic E-state index is 12.2. The molecule has 0 spiro atoms. The SMILES string of the molecule is CCCOC(CC)CC(O)CC(CC)C(=O)OC(=O)/C=C/C1CCC(=O)N1. The van der Waals surface area contributed by atoms with Gasteiger partial charge in [0, 0.05) is 25.1 Å². The normalized spacial score (nSPS) is 20.3. The van der Waals surface area contributed by atoms with E-state index in [1.807, 2.05) is 20.8 Å². The summed E-state index contributed by atoms with van der Waals surface area (Å²) in [6, 6.07) is -0.196. The van der Waals surface area contributed by atoms with Crippen LogP contribution in [0.5, 0.6) is 0 Å². The van der Waals surface area contributed by atoms with Gasteiger partial charge >= 0.3 is 11.9 Å². The van der Waals surface area contributed by atoms with E-state index >= 15 is 0 Å². The zero-order valence-electron chi connectivity index (χ0n) is 16.6. The van der Waals surface area contributed by atoms with Crippen molar-refractivity contribution in [3.05, 3.63) is 12.2 Å². The lowest BCUT2D eigenvalue weighted by molar-refractivity contribution is -0.160. The molecule has 4 unspecified atom stereocenters. The summed E-state index contributed by atoms with van der Waals surface area (Å²) in [4.78, 5) is 35.1. The predicted octanol–water partition coefficient (Wildman–Crippen LogP) is 2.26. The largest absolute Gasteiger partial charge is 0.393 e. The van der Waals surface area contributed by atoms with Gasteiger partial charge in [0.2, 0.25) is 5.91 Å². The Bertz CT molecular complexity index is 519. The highest BCUT2D eigenvalue weighted by Gasteiger charge is 2.25. The van der Waals surface area contributed by atoms with Gasteiger partial charge in [0.1, 0.15) is 0 Å². The maximum Gasteiger partial charge on any atom is 0.338 e. The van der Waals surface area contributed by atoms with E-state index in [9.17, 15) is 19.5 Å². The van der Waals surface area contributed by atoms with Crippen LogP contribution < -0.4 is 5.32 Å². The molecule has 0 aromatic carbocycles. The van der Waals surface area contributed by atoms with Gasteiger partial charge < -0.3 is 19.9 Å². The molecule has 0 radical (unpaired) electrons. The molecule has 1 heterocycles. The van der Waals surface area contributed by atoms with E-state index in [2.05, 4.69) is 5.32 Å². The third-order valence-corrected chi connectivity index (χ3v) is 4.63. The number of carbonyl (C=O) groups is 3. The van der Waals surface area contributed by atoms with Crippen molar-refractivity contribution in [3.63, 3.8) is 0 Å². The fraction of sp³-hybridized carbons (Fsp3) is 0.750. The molecular formula is C20H33NO6. The molecule has 0 aromatic heterocycles. The number of hydrogen-bond donors (Lipinski definition) is 2. The molecule has 27 heavy (non-hydrogen) atoms. The standard InChI is InChI=1S/C20H33NO6/c1-4-11-26-17(6-3)13-16(22)12-14(5-2)20(25)27-19(24)10-8-15-7-9-18(23)21-15/h8,10,14-17,22H,4-7,9,11-13H2,1-3H3,(H,21,23)/b10-8+. The minimum Gasteiger partial charge on any atom is -0.393 e. The van der Waals surface area contributed by atoms with E-state index in [-0.39, 0.29) is 24.5 Å². The molecule has 1 aliphatic rings. The van der Waals surface area contributed by atoms with Crippen LogP contribution in [0.2, 0.25) is 0 Å². The van der Waals surface area contributed by atoms with Crippen LogP contribution in [0.1, 0.15) is 65.7 Å². The van der Waals surface area contributed by atoms with Gasteiger partial charge in [-0.15, -0.1) is 0 Å². The summed E-state index contributed by atoms with van der Waals surface area (Å²) in [6.07, 6.45) is 5.89. The van der Waals surface area contributed by atoms with Gasteiger partial charge in [-0.05, 0) is 38.5 Å². The Morgan fingerprint density at radius 2 is 2.00 bits per heavy atom. The number of aliphatic hydroxyl groups excluding tert-OH is 1. The molecule has 0 saturated carbocycles. The van der Waals surface area contributed by atoms with Crippen molar-refractivity contribution in [1.29, 1.82) is 0 Å². The number of carbonyl (C=O) groups excluding carboxylic acids is 3. The van der Waals surface area contributed by atoms with Gasteiger partial charge in [0.25, 0.3) is 0 Å². The summed E-state index contributed by atoms with van der Waals surface area (Å²) >= 11 is 0. The highest BCUT2D eigenvalue weighted by Crippen LogP contribution is 2.19. The first-order valence-corrected chi connectivity index (χ1v) is 9.92. The zero-order chi connectivity index (χ0) is 20.2. The van der Waals surface area contributed by atoms with Crippen molar-refractivity contribution in [1.82, 2.24) is 5.32 Å². The number of ether oxygens (including phenoxy) is 2. The van der Waals surface area contributed by atoms with Gasteiger partial charge in [-0.1, -0.05) is 26.8 Å². The Morgan fingerprint density at radius 1 is 1.26 bits per heavy atom. The second-order valence-corrected chi connectivity index (χ2v) is 6.94. The summed E-state index contributed by atoms with van der Waals surface area (Å²) in [5.74, 6) is -1.99. The first-order valence-electron chi connectivity index (χ1n) is 9.92. The van der Waals surface area contributed by atoms with E-state index in [0.29, 0.717) is 32.3 Å². The molecule has 2 N–H and O–H groups in total. The topological polar surface area (TPSA) is 102 Å². The number of aliphatic hydroxyl groups is 1. The molecule has 1 saturated heterocycles. The minimum atomic E-state index is -0.758. The van der Waals surface area contributed by atoms with E-state index < -0.39 is 24.0 Å². The number of nitrogens with one attached hydrogen (secondary N) is 1. The van der Waals surface area contributed by atoms with Gasteiger partial charge in [0.05, 0.1) is 18.1 Å². The van der Waals surface area contributed by atoms with Crippen LogP contribution in [0.15, 0.2) is 12.2 Å². The molecule has 7 heteroatoms. The molecule has 1 aliphatic heterocycles. The van der Waals surface area contributed by atoms with Crippen molar-refractivity contribution >= 4 is 17.8 Å². The highest BCUT2D eigenvalue weighted by molar-refractivity contribution is 5.93. The van der Waals surface area contributed by atoms with Crippen LogP contribution in [0, 0.1) is 5.92 Å². The Balaban J connectivity index is 2.44. The average molecular weight is 383 g/mol. The summed E-state index contributed by atoms with van der Waals surface area (Å²) in [6.45, 7) is 6.49. The van der Waals surface area contributed by atoms with Crippen molar-refractivity contribution in [3.8, 4) is 0 Å². The lowest BCUT2D eigenvalue weighted by Crippen LogP contribution is -2.28. The average Bonchev–Trinajstić information content (AvgIpc) is 3.06. The fourth-order valence-corrected chi connectivity index (χ4v) is 2.99. The summed E-state index contributed by atoms with van der Waals surface area (Å²) in [5.41, 5.74) is 0. The monoisotopic (exact) mass is 383 g/mol. The molecule has 1 amide bonds. The lowest BCUT2D eigenvalue weighted by atomic mass is 9.95. The van der Waals surface area contributed by atoms with Crippen LogP contribution in [0.3, 0.4) is 0 Å². The molecule has 4 atom stereocenters. The maximum absolute atomic E-state index is 12.2. The number of esters is 2. The predicted molar refractivity (Wildman–Crippen MR) is 101 cm³/mol. The Morgan fingerprint density at radius 3 is 2.56 bits per heavy atom. The van der Waals surface area contributed by atoms with Crippen molar-refractivity contribution < 1.29 is 29.0 Å². The lowest BCUT2D eigenvalue weighted by Gasteiger charge is -2.22. The second-order valence-electron chi connectivity index (χ2n) is 6.94. The summed E-state index contributed by atoms with van der Waals surface area (Å²) in [7, 11) is 0. The minimum absolute atomic E-state index is 0.0420. The van der Waals surface area contributed by atoms with Crippen LogP contribution >= 0.6 is 0 Å². The highest BCUT2D eigenvalue weighted by atomic mass is 16.6. The Kier molecular flexibility index (Phi) is 10.9. The van der Waals surface area contributed by atoms with E-state index in [4.69, 9.17) is 9.47 Å². The molecule has 0 aliphatic carbocycles. The first-order chi connectivity index (χ1) is 12.9. The van der Waals surface area contributed by atoms with Crippen LogP contribution in [0.4, 0.5) is 0 Å². The second kappa shape index (κ2) is 12.6. The third-order valence-electron chi connectivity index (χ3n) is 4.63. The molecule has 7 nitrogen and oxygen atoms in total. The number of hydrogen-bond acceptors (Lipinski definition) is 6. The van der Waals surface area contributed by atoms with Crippen molar-refractivity contribution in [2.24, 2.45) is 5.92 Å². The number of rotatable bonds is 12. The van der Waals surface area contributed by atoms with Crippen LogP contribution in [0.25, 0.3) is 0 Å². The molecule has 1 rings (SSSR count). The Hall–Kier alpha value is -1.73.